The number of hydrogen-bond acceptors (Lipinski definition) is 5. The van der Waals surface area contributed by atoms with E-state index in [2.05, 4.69) is 15.2 Å². The van der Waals surface area contributed by atoms with Crippen molar-refractivity contribution in [3.05, 3.63) is 66.2 Å². The van der Waals surface area contributed by atoms with Gasteiger partial charge in [0.15, 0.2) is 5.69 Å². The summed E-state index contributed by atoms with van der Waals surface area (Å²) in [4.78, 5) is 17.7. The Morgan fingerprint density at radius 3 is 2.71 bits per heavy atom. The zero-order chi connectivity index (χ0) is 14.7. The number of rotatable bonds is 4. The Morgan fingerprint density at radius 2 is 1.95 bits per heavy atom. The highest BCUT2D eigenvalue weighted by Gasteiger charge is 2.15. The van der Waals surface area contributed by atoms with Crippen LogP contribution in [-0.4, -0.2) is 32.9 Å². The van der Waals surface area contributed by atoms with E-state index in [1.54, 1.807) is 6.07 Å². The summed E-state index contributed by atoms with van der Waals surface area (Å²) in [7, 11) is 1.52. The second-order valence-corrected chi connectivity index (χ2v) is 4.30. The fourth-order valence-corrected chi connectivity index (χ4v) is 1.86. The Morgan fingerprint density at radius 1 is 1.14 bits per heavy atom. The van der Waals surface area contributed by atoms with Gasteiger partial charge in [0.25, 0.3) is 0 Å². The molecule has 0 radical (unpaired) electrons. The summed E-state index contributed by atoms with van der Waals surface area (Å²) < 4.78 is 5.06. The molecule has 6 heteroatoms. The van der Waals surface area contributed by atoms with Crippen LogP contribution in [0.25, 0.3) is 5.69 Å². The minimum absolute atomic E-state index is 0.247. The van der Waals surface area contributed by atoms with Crippen LogP contribution < -0.4 is 4.74 Å². The normalized spacial score (nSPS) is 10.3. The predicted molar refractivity (Wildman–Crippen MR) is 75.6 cm³/mol. The molecule has 104 valence electrons. The van der Waals surface area contributed by atoms with Gasteiger partial charge in [0.1, 0.15) is 5.75 Å². The van der Waals surface area contributed by atoms with Crippen molar-refractivity contribution in [2.75, 3.05) is 7.11 Å². The molecular formula is C15H12N4O2. The van der Waals surface area contributed by atoms with Crippen molar-refractivity contribution < 1.29 is 9.53 Å². The van der Waals surface area contributed by atoms with Crippen molar-refractivity contribution in [1.29, 1.82) is 0 Å². The third kappa shape index (κ3) is 2.64. The average molecular weight is 280 g/mol. The van der Waals surface area contributed by atoms with E-state index in [1.165, 1.54) is 30.5 Å². The molecule has 0 aliphatic heterocycles. The maximum absolute atomic E-state index is 12.3. The van der Waals surface area contributed by atoms with Crippen LogP contribution in [0.15, 0.2) is 55.0 Å². The third-order valence-corrected chi connectivity index (χ3v) is 2.92. The maximum atomic E-state index is 12.3. The van der Waals surface area contributed by atoms with Gasteiger partial charge in [-0.3, -0.25) is 9.78 Å². The Bertz CT molecular complexity index is 768. The number of para-hydroxylation sites is 1. The molecule has 6 nitrogen and oxygen atoms in total. The number of aromatic nitrogens is 4. The van der Waals surface area contributed by atoms with Gasteiger partial charge in [-0.2, -0.15) is 9.90 Å². The first-order chi connectivity index (χ1) is 10.3. The lowest BCUT2D eigenvalue weighted by molar-refractivity contribution is 0.103. The molecule has 2 heterocycles. The van der Waals surface area contributed by atoms with Gasteiger partial charge in [0.2, 0.25) is 5.78 Å². The molecule has 0 bridgehead atoms. The third-order valence-electron chi connectivity index (χ3n) is 2.92. The molecule has 3 rings (SSSR count). The number of methoxy groups -OCH3 is 1. The van der Waals surface area contributed by atoms with Crippen molar-refractivity contribution in [3.8, 4) is 11.4 Å². The number of nitrogens with zero attached hydrogens (tertiary/aromatic N) is 4. The van der Waals surface area contributed by atoms with Crippen LogP contribution in [0.4, 0.5) is 0 Å². The summed E-state index contributed by atoms with van der Waals surface area (Å²) in [5, 5.41) is 8.31. The molecule has 21 heavy (non-hydrogen) atoms. The molecule has 3 aromatic rings. The molecule has 0 saturated carbocycles. The molecule has 0 N–H and O–H groups in total. The minimum atomic E-state index is -0.247. The van der Waals surface area contributed by atoms with E-state index in [9.17, 15) is 4.79 Å². The first-order valence-corrected chi connectivity index (χ1v) is 6.29. The molecule has 0 aliphatic rings. The zero-order valence-corrected chi connectivity index (χ0v) is 11.3. The fourth-order valence-electron chi connectivity index (χ4n) is 1.86. The highest BCUT2D eigenvalue weighted by molar-refractivity contribution is 6.07. The molecule has 1 aromatic carbocycles. The van der Waals surface area contributed by atoms with Crippen LogP contribution in [0.5, 0.6) is 5.75 Å². The zero-order valence-electron chi connectivity index (χ0n) is 11.3. The number of ether oxygens (including phenoxy) is 1. The van der Waals surface area contributed by atoms with Gasteiger partial charge in [-0.25, -0.2) is 0 Å². The van der Waals surface area contributed by atoms with Crippen LogP contribution in [0.2, 0.25) is 0 Å². The highest BCUT2D eigenvalue weighted by atomic mass is 16.5. The molecule has 0 atom stereocenters. The Hall–Kier alpha value is -3.02. The average Bonchev–Trinajstić information content (AvgIpc) is 3.05. The van der Waals surface area contributed by atoms with E-state index in [0.717, 1.165) is 5.69 Å². The molecule has 0 saturated heterocycles. The monoisotopic (exact) mass is 280 g/mol. The van der Waals surface area contributed by atoms with Gasteiger partial charge < -0.3 is 4.74 Å². The molecule has 0 spiro atoms. The van der Waals surface area contributed by atoms with Crippen molar-refractivity contribution in [1.82, 2.24) is 20.0 Å². The van der Waals surface area contributed by atoms with E-state index in [4.69, 9.17) is 4.74 Å². The van der Waals surface area contributed by atoms with Crippen LogP contribution >= 0.6 is 0 Å². The van der Waals surface area contributed by atoms with Crippen molar-refractivity contribution in [3.63, 3.8) is 0 Å². The van der Waals surface area contributed by atoms with Gasteiger partial charge in [-0.05, 0) is 18.2 Å². The molecule has 0 fully saturated rings. The molecular weight excluding hydrogens is 268 g/mol. The molecule has 0 aliphatic carbocycles. The molecule has 2 aromatic heterocycles. The smallest absolute Gasteiger partial charge is 0.216 e. The summed E-state index contributed by atoms with van der Waals surface area (Å²) in [6.07, 6.45) is 4.46. The van der Waals surface area contributed by atoms with Crippen molar-refractivity contribution >= 4 is 5.78 Å². The fraction of sp³-hybridized carbons (Fsp3) is 0.0667. The standard InChI is InChI=1S/C15H12N4O2/c1-21-13-7-11(8-16-9-13)15(20)14-10-17-19(18-14)12-5-3-2-4-6-12/h2-10H,1H3. The summed E-state index contributed by atoms with van der Waals surface area (Å²) in [5.41, 5.74) is 1.46. The summed E-state index contributed by atoms with van der Waals surface area (Å²) in [6, 6.07) is 11.0. The summed E-state index contributed by atoms with van der Waals surface area (Å²) in [6.45, 7) is 0. The van der Waals surface area contributed by atoms with E-state index in [1.807, 2.05) is 30.3 Å². The minimum Gasteiger partial charge on any atom is -0.495 e. The van der Waals surface area contributed by atoms with Crippen LogP contribution in [0, 0.1) is 0 Å². The largest absolute Gasteiger partial charge is 0.495 e. The molecule has 0 amide bonds. The number of carbonyl (C=O) groups is 1. The number of hydrogen-bond donors (Lipinski definition) is 0. The van der Waals surface area contributed by atoms with Gasteiger partial charge >= 0.3 is 0 Å². The van der Waals surface area contributed by atoms with Crippen LogP contribution in [0.1, 0.15) is 16.1 Å². The van der Waals surface area contributed by atoms with E-state index in [-0.39, 0.29) is 11.5 Å². The van der Waals surface area contributed by atoms with E-state index in [0.29, 0.717) is 11.3 Å². The topological polar surface area (TPSA) is 69.9 Å². The van der Waals surface area contributed by atoms with E-state index >= 15 is 0 Å². The Labute approximate surface area is 121 Å². The number of carbonyl (C=O) groups excluding carboxylic acids is 1. The Kier molecular flexibility index (Phi) is 3.42. The van der Waals surface area contributed by atoms with Gasteiger partial charge in [0.05, 0.1) is 25.2 Å². The molecule has 0 unspecified atom stereocenters. The summed E-state index contributed by atoms with van der Waals surface area (Å²) >= 11 is 0. The van der Waals surface area contributed by atoms with Crippen LogP contribution in [-0.2, 0) is 0 Å². The van der Waals surface area contributed by atoms with E-state index < -0.39 is 0 Å². The second-order valence-electron chi connectivity index (χ2n) is 4.30. The number of ketones is 1. The first kappa shape index (κ1) is 13.0. The lowest BCUT2D eigenvalue weighted by Gasteiger charge is -2.01. The van der Waals surface area contributed by atoms with Crippen LogP contribution in [0.3, 0.4) is 0 Å². The second kappa shape index (κ2) is 5.54. The predicted octanol–water partition coefficient (Wildman–Crippen LogP) is 1.90. The number of benzene rings is 1. The van der Waals surface area contributed by atoms with Gasteiger partial charge in [-0.1, -0.05) is 18.2 Å². The first-order valence-electron chi connectivity index (χ1n) is 6.29. The lowest BCUT2D eigenvalue weighted by Crippen LogP contribution is -2.05. The summed E-state index contributed by atoms with van der Waals surface area (Å²) in [5.74, 6) is 0.278. The van der Waals surface area contributed by atoms with Crippen molar-refractivity contribution in [2.24, 2.45) is 0 Å². The highest BCUT2D eigenvalue weighted by Crippen LogP contribution is 2.14. The van der Waals surface area contributed by atoms with Gasteiger partial charge in [0, 0.05) is 11.8 Å². The SMILES string of the molecule is COc1cncc(C(=O)c2cnn(-c3ccccc3)n2)c1. The van der Waals surface area contributed by atoms with Gasteiger partial charge in [-0.15, -0.1) is 5.10 Å². The number of pyridine rings is 1. The lowest BCUT2D eigenvalue weighted by atomic mass is 10.1. The maximum Gasteiger partial charge on any atom is 0.216 e. The van der Waals surface area contributed by atoms with Crippen molar-refractivity contribution in [2.45, 2.75) is 0 Å². The quantitative estimate of drug-likeness (QED) is 0.683. The Balaban J connectivity index is 1.91.